The molecule has 0 saturated heterocycles. The fourth-order valence-corrected chi connectivity index (χ4v) is 8.67. The van der Waals surface area contributed by atoms with Gasteiger partial charge in [-0.1, -0.05) is 124 Å². The van der Waals surface area contributed by atoms with E-state index in [0.717, 1.165) is 47.0 Å². The van der Waals surface area contributed by atoms with Gasteiger partial charge in [0.1, 0.15) is 5.75 Å². The molecule has 0 atom stereocenters. The van der Waals surface area contributed by atoms with Crippen molar-refractivity contribution >= 4 is 55.5 Å². The summed E-state index contributed by atoms with van der Waals surface area (Å²) in [5.41, 5.74) is 11.6. The monoisotopic (exact) mass is 706 g/mol. The smallest absolute Gasteiger partial charge is 0.119 e. The fraction of sp³-hybridized carbons (Fsp3) is 0.333. The average Bonchev–Trinajstić information content (AvgIpc) is 3.50. The van der Waals surface area contributed by atoms with Crippen molar-refractivity contribution in [3.63, 3.8) is 0 Å². The molecule has 5 aromatic carbocycles. The van der Waals surface area contributed by atoms with Crippen molar-refractivity contribution < 1.29 is 5.11 Å². The molecule has 0 unspecified atom stereocenters. The van der Waals surface area contributed by atoms with Crippen molar-refractivity contribution in [2.45, 2.75) is 98.3 Å². The zero-order valence-electron chi connectivity index (χ0n) is 32.6. The quantitative estimate of drug-likeness (QED) is 0.179. The van der Waals surface area contributed by atoms with E-state index >= 15 is 0 Å². The molecule has 0 bridgehead atoms. The minimum absolute atomic E-state index is 0.0286. The highest BCUT2D eigenvalue weighted by Crippen LogP contribution is 2.53. The van der Waals surface area contributed by atoms with Gasteiger partial charge in [0.05, 0.1) is 28.4 Å². The Bertz CT molecular complexity index is 2190. The van der Waals surface area contributed by atoms with E-state index in [2.05, 4.69) is 181 Å². The molecule has 0 aliphatic carbocycles. The number of aromatic hydroxyl groups is 1. The molecule has 3 nitrogen and oxygen atoms in total. The number of anilines is 6. The Labute approximate surface area is 315 Å². The molecule has 0 saturated carbocycles. The number of phenolic OH excluding ortho intramolecular Hbond substituents is 1. The normalized spacial score (nSPS) is 14.3. The molecule has 0 fully saturated rings. The van der Waals surface area contributed by atoms with Gasteiger partial charge in [0.25, 0.3) is 0 Å². The van der Waals surface area contributed by atoms with Crippen molar-refractivity contribution in [2.75, 3.05) is 9.80 Å². The second kappa shape index (κ2) is 12.8. The Kier molecular flexibility index (Phi) is 8.85. The molecule has 1 N–H and O–H groups in total. The second-order valence-corrected chi connectivity index (χ2v) is 19.0. The van der Waals surface area contributed by atoms with E-state index in [9.17, 15) is 5.11 Å². The third-order valence-corrected chi connectivity index (χ3v) is 12.1. The van der Waals surface area contributed by atoms with Crippen molar-refractivity contribution in [1.82, 2.24) is 0 Å². The molecule has 0 amide bonds. The zero-order valence-corrected chi connectivity index (χ0v) is 33.5. The molecule has 0 radical (unpaired) electrons. The second-order valence-electron chi connectivity index (χ2n) is 18.1. The number of fused-ring (bicyclic) bond motifs is 3. The van der Waals surface area contributed by atoms with E-state index in [-0.39, 0.29) is 27.4 Å². The predicted octanol–water partition coefficient (Wildman–Crippen LogP) is 14.6. The largest absolute Gasteiger partial charge is 0.508 e. The van der Waals surface area contributed by atoms with Crippen LogP contribution in [0.15, 0.2) is 115 Å². The third-order valence-electron chi connectivity index (χ3n) is 11.1. The van der Waals surface area contributed by atoms with Gasteiger partial charge in [-0.05, 0) is 93.8 Å². The third kappa shape index (κ3) is 6.63. The maximum atomic E-state index is 11.6. The Morgan fingerprint density at radius 3 is 1.85 bits per heavy atom. The van der Waals surface area contributed by atoms with Crippen LogP contribution in [0.25, 0.3) is 10.1 Å². The van der Waals surface area contributed by atoms with E-state index in [1.165, 1.54) is 32.3 Å². The summed E-state index contributed by atoms with van der Waals surface area (Å²) < 4.78 is 1.25. The number of hydrogen-bond acceptors (Lipinski definition) is 4. The van der Waals surface area contributed by atoms with Crippen LogP contribution < -0.4 is 9.80 Å². The van der Waals surface area contributed by atoms with Gasteiger partial charge in [-0.3, -0.25) is 0 Å². The first-order valence-corrected chi connectivity index (χ1v) is 19.6. The van der Waals surface area contributed by atoms with E-state index in [1.807, 2.05) is 12.1 Å². The summed E-state index contributed by atoms with van der Waals surface area (Å²) in [6.07, 6.45) is 2.28. The number of para-hydroxylation sites is 2. The number of thiophene rings is 1. The van der Waals surface area contributed by atoms with Crippen LogP contribution in [0.5, 0.6) is 5.75 Å². The molecule has 1 aromatic heterocycles. The first-order valence-electron chi connectivity index (χ1n) is 18.7. The lowest BCUT2D eigenvalue weighted by molar-refractivity contribution is 0.315. The molecule has 268 valence electrons. The summed E-state index contributed by atoms with van der Waals surface area (Å²) in [4.78, 5) is 4.66. The van der Waals surface area contributed by atoms with Crippen LogP contribution in [-0.2, 0) is 16.2 Å². The van der Waals surface area contributed by atoms with Crippen LogP contribution >= 0.6 is 11.3 Å². The van der Waals surface area contributed by atoms with Crippen LogP contribution in [0.3, 0.4) is 0 Å². The minimum atomic E-state index is -0.169. The summed E-state index contributed by atoms with van der Waals surface area (Å²) in [6.45, 7) is 23.1. The molecule has 1 aliphatic rings. The first kappa shape index (κ1) is 35.8. The van der Waals surface area contributed by atoms with E-state index < -0.39 is 0 Å². The minimum Gasteiger partial charge on any atom is -0.508 e. The van der Waals surface area contributed by atoms with Crippen molar-refractivity contribution in [3.8, 4) is 5.75 Å². The topological polar surface area (TPSA) is 26.7 Å². The molecular formula is C48H54N2OS. The molecule has 6 aromatic rings. The zero-order chi connectivity index (χ0) is 37.2. The summed E-state index contributed by atoms with van der Waals surface area (Å²) in [7, 11) is 0. The van der Waals surface area contributed by atoms with Crippen molar-refractivity contribution in [2.24, 2.45) is 5.41 Å². The lowest BCUT2D eigenvalue weighted by Crippen LogP contribution is -2.30. The number of rotatable bonds is 7. The summed E-state index contributed by atoms with van der Waals surface area (Å²) in [5, 5.41) is 15.1. The SMILES string of the molecule is CC(C)(C)CCC(C)(C)c1ccc2scc(N(c3ccc(C(C)(C)C)cc3)c3cc(O)cc(N4c5ccccc5C(C)(C)c5ccccc54)c3)c2c1. The van der Waals surface area contributed by atoms with Gasteiger partial charge < -0.3 is 14.9 Å². The highest BCUT2D eigenvalue weighted by atomic mass is 32.1. The fourth-order valence-electron chi connectivity index (χ4n) is 7.76. The molecular weight excluding hydrogens is 653 g/mol. The molecule has 0 spiro atoms. The Hall–Kier alpha value is -4.54. The Morgan fingerprint density at radius 2 is 1.25 bits per heavy atom. The summed E-state index contributed by atoms with van der Waals surface area (Å²) in [5.74, 6) is 0.229. The first-order chi connectivity index (χ1) is 24.4. The lowest BCUT2D eigenvalue weighted by Gasteiger charge is -2.42. The standard InChI is InChI=1S/C48H54N2OS/c1-45(2,3)25-26-47(7,8)33-21-24-44-38(27-33)43(31-52-44)49(34-22-19-32(20-23-34)46(4,5)6)35-28-36(30-37(51)29-35)50-41-17-13-11-15-39(41)48(9,10)40-16-12-14-18-42(40)50/h11-24,27-31,51H,25-26H2,1-10H3. The number of hydrogen-bond donors (Lipinski definition) is 1. The van der Waals surface area contributed by atoms with Gasteiger partial charge in [0, 0.05) is 38.7 Å². The van der Waals surface area contributed by atoms with Gasteiger partial charge in [0.2, 0.25) is 0 Å². The van der Waals surface area contributed by atoms with Gasteiger partial charge >= 0.3 is 0 Å². The number of phenols is 1. The van der Waals surface area contributed by atoms with Gasteiger partial charge in [-0.25, -0.2) is 0 Å². The van der Waals surface area contributed by atoms with Crippen LogP contribution in [0.4, 0.5) is 34.1 Å². The van der Waals surface area contributed by atoms with Crippen LogP contribution in [0.2, 0.25) is 0 Å². The van der Waals surface area contributed by atoms with Crippen LogP contribution in [-0.4, -0.2) is 5.11 Å². The molecule has 7 rings (SSSR count). The van der Waals surface area contributed by atoms with Gasteiger partial charge in [-0.2, -0.15) is 0 Å². The highest BCUT2D eigenvalue weighted by Gasteiger charge is 2.37. The molecule has 2 heterocycles. The van der Waals surface area contributed by atoms with Crippen LogP contribution in [0, 0.1) is 5.41 Å². The molecule has 4 heteroatoms. The molecule has 52 heavy (non-hydrogen) atoms. The predicted molar refractivity (Wildman–Crippen MR) is 225 cm³/mol. The number of nitrogens with zero attached hydrogens (tertiary/aromatic N) is 2. The Morgan fingerprint density at radius 1 is 0.654 bits per heavy atom. The van der Waals surface area contributed by atoms with Crippen LogP contribution in [0.1, 0.15) is 104 Å². The lowest BCUT2D eigenvalue weighted by atomic mass is 9.73. The highest BCUT2D eigenvalue weighted by molar-refractivity contribution is 7.17. The summed E-state index contributed by atoms with van der Waals surface area (Å²) >= 11 is 1.78. The van der Waals surface area contributed by atoms with Gasteiger partial charge in [0.15, 0.2) is 0 Å². The van der Waals surface area contributed by atoms with E-state index in [0.29, 0.717) is 0 Å². The van der Waals surface area contributed by atoms with E-state index in [1.54, 1.807) is 11.3 Å². The van der Waals surface area contributed by atoms with E-state index in [4.69, 9.17) is 0 Å². The summed E-state index contributed by atoms with van der Waals surface area (Å²) in [6, 6.07) is 39.4. The van der Waals surface area contributed by atoms with Crippen molar-refractivity contribution in [1.29, 1.82) is 0 Å². The van der Waals surface area contributed by atoms with Crippen molar-refractivity contribution in [3.05, 3.63) is 137 Å². The maximum absolute atomic E-state index is 11.6. The molecule has 1 aliphatic heterocycles. The average molecular weight is 707 g/mol. The number of benzene rings is 5. The maximum Gasteiger partial charge on any atom is 0.119 e. The van der Waals surface area contributed by atoms with Gasteiger partial charge in [-0.15, -0.1) is 11.3 Å². The Balaban J connectivity index is 1.42.